The Morgan fingerprint density at radius 1 is 0.850 bits per heavy atom. The average molecular weight is 549 g/mol. The van der Waals surface area contributed by atoms with Crippen molar-refractivity contribution in [2.45, 2.75) is 162 Å². The largest absolute Gasteiger partial charge is 0.462 e. The molecule has 0 aliphatic heterocycles. The lowest BCUT2D eigenvalue weighted by atomic mass is 9.47. The fraction of sp³-hybridized carbons (Fsp3) is 0.921. The zero-order valence-corrected chi connectivity index (χ0v) is 26.4. The third-order valence-electron chi connectivity index (χ3n) is 14.9. The number of carbonyl (C=O) groups is 1. The zero-order chi connectivity index (χ0) is 27.5. The average Bonchev–Trinajstić information content (AvgIpc) is 3.26. The molecule has 0 spiro atoms. The van der Waals surface area contributed by atoms with Gasteiger partial charge in [0.1, 0.15) is 6.10 Å². The van der Waals surface area contributed by atoms with E-state index in [1.807, 2.05) is 0 Å². The summed E-state index contributed by atoms with van der Waals surface area (Å²) in [6.07, 6.45) is 31.0. The van der Waals surface area contributed by atoms with E-state index in [4.69, 9.17) is 4.74 Å². The maximum absolute atomic E-state index is 13.7. The summed E-state index contributed by atoms with van der Waals surface area (Å²) in [6, 6.07) is 0. The van der Waals surface area contributed by atoms with Gasteiger partial charge in [0.25, 0.3) is 0 Å². The van der Waals surface area contributed by atoms with Gasteiger partial charge in [0, 0.05) is 6.42 Å². The molecule has 2 heteroatoms. The van der Waals surface area contributed by atoms with Crippen LogP contribution in [-0.2, 0) is 9.53 Å². The second-order valence-electron chi connectivity index (χ2n) is 17.1. The van der Waals surface area contributed by atoms with E-state index in [9.17, 15) is 4.79 Å². The van der Waals surface area contributed by atoms with Crippen molar-refractivity contribution >= 4 is 5.97 Å². The molecule has 0 amide bonds. The molecule has 224 valence electrons. The van der Waals surface area contributed by atoms with Gasteiger partial charge < -0.3 is 4.74 Å². The fourth-order valence-electron chi connectivity index (χ4n) is 13.1. The molecule has 0 aromatic heterocycles. The summed E-state index contributed by atoms with van der Waals surface area (Å²) in [5.41, 5.74) is 2.51. The number of fused-ring (bicyclic) bond motifs is 5. The second kappa shape index (κ2) is 10.7. The highest BCUT2D eigenvalue weighted by Gasteiger charge is 2.59. The van der Waals surface area contributed by atoms with Crippen molar-refractivity contribution < 1.29 is 9.53 Å². The molecule has 7 saturated carbocycles. The summed E-state index contributed by atoms with van der Waals surface area (Å²) in [5.74, 6) is 6.31. The van der Waals surface area contributed by atoms with Gasteiger partial charge >= 0.3 is 5.97 Å². The molecule has 0 aromatic rings. The molecule has 0 radical (unpaired) electrons. The molecule has 7 unspecified atom stereocenters. The molecule has 8 rings (SSSR count). The van der Waals surface area contributed by atoms with Gasteiger partial charge in [-0.25, -0.2) is 0 Å². The number of carbonyl (C=O) groups excluding carboxylic acids is 1. The predicted molar refractivity (Wildman–Crippen MR) is 164 cm³/mol. The third kappa shape index (κ3) is 4.67. The van der Waals surface area contributed by atoms with E-state index in [1.54, 1.807) is 5.57 Å². The van der Waals surface area contributed by atoms with Crippen LogP contribution in [0.4, 0.5) is 0 Å². The normalized spacial score (nSPS) is 48.7. The summed E-state index contributed by atoms with van der Waals surface area (Å²) in [7, 11) is 0. The van der Waals surface area contributed by atoms with Gasteiger partial charge in [-0.15, -0.1) is 0 Å². The Hall–Kier alpha value is -0.790. The number of hydrogen-bond acceptors (Lipinski definition) is 2. The Morgan fingerprint density at radius 3 is 2.27 bits per heavy atom. The molecule has 8 aliphatic carbocycles. The lowest BCUT2D eigenvalue weighted by molar-refractivity contribution is -0.179. The van der Waals surface area contributed by atoms with E-state index in [1.165, 1.54) is 103 Å². The molecule has 0 N–H and O–H groups in total. The fourth-order valence-corrected chi connectivity index (χ4v) is 13.1. The van der Waals surface area contributed by atoms with E-state index in [0.29, 0.717) is 10.8 Å². The molecular formula is C38H60O2. The predicted octanol–water partition coefficient (Wildman–Crippen LogP) is 10.4. The van der Waals surface area contributed by atoms with E-state index in [2.05, 4.69) is 26.8 Å². The first-order chi connectivity index (χ1) is 19.3. The molecule has 8 aliphatic rings. The number of unbranched alkanes of at least 4 members (excludes halogenated alkanes) is 5. The van der Waals surface area contributed by atoms with Gasteiger partial charge in [0.2, 0.25) is 0 Å². The smallest absolute Gasteiger partial charge is 0.312 e. The van der Waals surface area contributed by atoms with E-state index < -0.39 is 0 Å². The van der Waals surface area contributed by atoms with Crippen LogP contribution in [0.3, 0.4) is 0 Å². The first kappa shape index (κ1) is 28.0. The van der Waals surface area contributed by atoms with E-state index in [-0.39, 0.29) is 17.5 Å². The van der Waals surface area contributed by atoms with Crippen molar-refractivity contribution in [3.05, 3.63) is 11.6 Å². The van der Waals surface area contributed by atoms with Gasteiger partial charge in [-0.1, -0.05) is 70.9 Å². The molecule has 0 aromatic carbocycles. The van der Waals surface area contributed by atoms with E-state index in [0.717, 1.165) is 73.5 Å². The lowest BCUT2D eigenvalue weighted by Crippen LogP contribution is -2.52. The lowest BCUT2D eigenvalue weighted by Gasteiger charge is -2.58. The van der Waals surface area contributed by atoms with Crippen LogP contribution < -0.4 is 0 Å². The standard InChI is InChI=1S/C38H60O2/c1-4-5-6-7-8-9-10-29-12-14-33-32-13-11-30-22-31(15-17-37(30,3)34(32)16-18-36(29,33)2)40-35(39)38-23-26-19-27(24-38)21-28(20-26)25-38/h11,26-29,31-34H,4-10,12-25H2,1-3H3. The van der Waals surface area contributed by atoms with Gasteiger partial charge in [0.05, 0.1) is 5.41 Å². The molecular weight excluding hydrogens is 488 g/mol. The van der Waals surface area contributed by atoms with Crippen LogP contribution in [0.5, 0.6) is 0 Å². The van der Waals surface area contributed by atoms with Gasteiger partial charge in [-0.05, 0) is 142 Å². The summed E-state index contributed by atoms with van der Waals surface area (Å²) in [5, 5.41) is 0. The topological polar surface area (TPSA) is 26.3 Å². The number of esters is 1. The Bertz CT molecular complexity index is 943. The molecule has 2 nitrogen and oxygen atoms in total. The Morgan fingerprint density at radius 2 is 1.55 bits per heavy atom. The zero-order valence-electron chi connectivity index (χ0n) is 26.4. The van der Waals surface area contributed by atoms with Crippen LogP contribution in [0.15, 0.2) is 11.6 Å². The van der Waals surface area contributed by atoms with Crippen LogP contribution in [0.1, 0.15) is 156 Å². The number of hydrogen-bond donors (Lipinski definition) is 0. The monoisotopic (exact) mass is 548 g/mol. The Labute approximate surface area is 246 Å². The summed E-state index contributed by atoms with van der Waals surface area (Å²) >= 11 is 0. The SMILES string of the molecule is CCCCCCCCC1CCC2C3CC=C4CC(OC(=O)C56CC7CC(CC(C7)C5)C6)CCC4(C)C3CCC12C. The summed E-state index contributed by atoms with van der Waals surface area (Å²) < 4.78 is 6.49. The highest BCUT2D eigenvalue weighted by atomic mass is 16.5. The molecule has 40 heavy (non-hydrogen) atoms. The maximum atomic E-state index is 13.7. The van der Waals surface area contributed by atoms with Crippen LogP contribution in [0.25, 0.3) is 0 Å². The Balaban J connectivity index is 0.976. The Kier molecular flexibility index (Phi) is 7.51. The minimum absolute atomic E-state index is 0.107. The van der Waals surface area contributed by atoms with Gasteiger partial charge in [-0.3, -0.25) is 4.79 Å². The maximum Gasteiger partial charge on any atom is 0.312 e. The summed E-state index contributed by atoms with van der Waals surface area (Å²) in [4.78, 5) is 13.7. The first-order valence-electron chi connectivity index (χ1n) is 18.2. The van der Waals surface area contributed by atoms with Crippen molar-refractivity contribution in [3.8, 4) is 0 Å². The second-order valence-corrected chi connectivity index (χ2v) is 17.1. The highest BCUT2D eigenvalue weighted by Crippen LogP contribution is 2.67. The van der Waals surface area contributed by atoms with Gasteiger partial charge in [0.15, 0.2) is 0 Å². The van der Waals surface area contributed by atoms with E-state index >= 15 is 0 Å². The van der Waals surface area contributed by atoms with Crippen LogP contribution >= 0.6 is 0 Å². The molecule has 7 fully saturated rings. The first-order valence-corrected chi connectivity index (χ1v) is 18.2. The van der Waals surface area contributed by atoms with Crippen molar-refractivity contribution in [3.63, 3.8) is 0 Å². The molecule has 0 heterocycles. The summed E-state index contributed by atoms with van der Waals surface area (Å²) in [6.45, 7) is 7.66. The number of ether oxygens (including phenoxy) is 1. The quantitative estimate of drug-likeness (QED) is 0.163. The number of rotatable bonds is 9. The van der Waals surface area contributed by atoms with Crippen molar-refractivity contribution in [2.24, 2.45) is 57.7 Å². The van der Waals surface area contributed by atoms with Crippen molar-refractivity contribution in [1.82, 2.24) is 0 Å². The minimum Gasteiger partial charge on any atom is -0.462 e. The third-order valence-corrected chi connectivity index (χ3v) is 14.9. The molecule has 7 atom stereocenters. The van der Waals surface area contributed by atoms with Crippen LogP contribution in [0.2, 0.25) is 0 Å². The van der Waals surface area contributed by atoms with Crippen LogP contribution in [0, 0.1) is 57.7 Å². The molecule has 4 bridgehead atoms. The number of allylic oxidation sites excluding steroid dienone is 1. The highest BCUT2D eigenvalue weighted by molar-refractivity contribution is 5.77. The van der Waals surface area contributed by atoms with Crippen LogP contribution in [-0.4, -0.2) is 12.1 Å². The van der Waals surface area contributed by atoms with Gasteiger partial charge in [-0.2, -0.15) is 0 Å². The van der Waals surface area contributed by atoms with Crippen molar-refractivity contribution in [1.29, 1.82) is 0 Å². The molecule has 0 saturated heterocycles. The van der Waals surface area contributed by atoms with Crippen molar-refractivity contribution in [2.75, 3.05) is 0 Å². The minimum atomic E-state index is -0.107.